The van der Waals surface area contributed by atoms with Crippen LogP contribution in [0.25, 0.3) is 5.69 Å². The molecular formula is C23H22N6O2S2. The SMILES string of the molecule is CC(C)c1ccc(-n2nnnc2SCC(=O)N2N=C(c3cccs3)CC2c2ccco2)cc1. The minimum absolute atomic E-state index is 0.127. The molecule has 3 aromatic heterocycles. The second-order valence-corrected chi connectivity index (χ2v) is 9.80. The molecule has 5 rings (SSSR count). The van der Waals surface area contributed by atoms with Crippen LogP contribution in [0.5, 0.6) is 0 Å². The minimum Gasteiger partial charge on any atom is -0.467 e. The smallest absolute Gasteiger partial charge is 0.253 e. The van der Waals surface area contributed by atoms with Crippen LogP contribution in [0.1, 0.15) is 48.4 Å². The van der Waals surface area contributed by atoms with Gasteiger partial charge in [-0.2, -0.15) is 9.78 Å². The molecule has 0 fully saturated rings. The Bertz CT molecular complexity index is 1250. The molecule has 0 saturated heterocycles. The molecule has 0 bridgehead atoms. The van der Waals surface area contributed by atoms with E-state index in [2.05, 4.69) is 46.6 Å². The van der Waals surface area contributed by atoms with Crippen LogP contribution in [0.4, 0.5) is 0 Å². The number of hydrogen-bond acceptors (Lipinski definition) is 8. The second-order valence-electron chi connectivity index (χ2n) is 7.91. The Hall–Kier alpha value is -3.24. The van der Waals surface area contributed by atoms with E-state index in [4.69, 9.17) is 4.42 Å². The molecule has 0 aliphatic carbocycles. The van der Waals surface area contributed by atoms with Crippen LogP contribution < -0.4 is 0 Å². The predicted octanol–water partition coefficient (Wildman–Crippen LogP) is 4.91. The summed E-state index contributed by atoms with van der Waals surface area (Å²) >= 11 is 2.90. The highest BCUT2D eigenvalue weighted by molar-refractivity contribution is 7.99. The normalized spacial score (nSPS) is 15.9. The lowest BCUT2D eigenvalue weighted by Gasteiger charge is -2.19. The van der Waals surface area contributed by atoms with Crippen molar-refractivity contribution in [3.05, 3.63) is 76.4 Å². The van der Waals surface area contributed by atoms with Gasteiger partial charge < -0.3 is 4.42 Å². The summed E-state index contributed by atoms with van der Waals surface area (Å²) in [6, 6.07) is 15.6. The van der Waals surface area contributed by atoms with E-state index < -0.39 is 0 Å². The fraction of sp³-hybridized carbons (Fsp3) is 0.261. The van der Waals surface area contributed by atoms with Gasteiger partial charge in [-0.1, -0.05) is 43.8 Å². The maximum atomic E-state index is 13.2. The van der Waals surface area contributed by atoms with Gasteiger partial charge >= 0.3 is 0 Å². The molecule has 33 heavy (non-hydrogen) atoms. The standard InChI is InChI=1S/C23H22N6O2S2/c1-15(2)16-7-9-17(10-8-16)28-23(24-26-27-28)33-14-22(30)29-19(20-5-3-11-31-20)13-18(25-29)21-6-4-12-32-21/h3-12,15,19H,13-14H2,1-2H3. The predicted molar refractivity (Wildman–Crippen MR) is 128 cm³/mol. The van der Waals surface area contributed by atoms with Crippen molar-refractivity contribution in [3.8, 4) is 5.69 Å². The van der Waals surface area contributed by atoms with Crippen LogP contribution in [0, 0.1) is 0 Å². The number of aromatic nitrogens is 4. The Morgan fingerprint density at radius 2 is 2.06 bits per heavy atom. The summed E-state index contributed by atoms with van der Waals surface area (Å²) in [6.45, 7) is 4.30. The zero-order chi connectivity index (χ0) is 22.8. The maximum absolute atomic E-state index is 13.2. The first kappa shape index (κ1) is 21.6. The summed E-state index contributed by atoms with van der Waals surface area (Å²) in [7, 11) is 0. The van der Waals surface area contributed by atoms with Gasteiger partial charge in [0, 0.05) is 6.42 Å². The zero-order valence-corrected chi connectivity index (χ0v) is 19.8. The molecule has 4 aromatic rings. The van der Waals surface area contributed by atoms with Gasteiger partial charge in [0.25, 0.3) is 5.91 Å². The third kappa shape index (κ3) is 4.49. The number of hydrazone groups is 1. The lowest BCUT2D eigenvalue weighted by atomic mass is 10.0. The van der Waals surface area contributed by atoms with Crippen molar-refractivity contribution in [2.45, 2.75) is 37.4 Å². The number of benzene rings is 1. The van der Waals surface area contributed by atoms with Crippen LogP contribution in [0.3, 0.4) is 0 Å². The number of carbonyl (C=O) groups excluding carboxylic acids is 1. The summed E-state index contributed by atoms with van der Waals surface area (Å²) in [5.74, 6) is 1.20. The van der Waals surface area contributed by atoms with E-state index in [9.17, 15) is 4.79 Å². The maximum Gasteiger partial charge on any atom is 0.253 e. The Morgan fingerprint density at radius 1 is 1.21 bits per heavy atom. The topological polar surface area (TPSA) is 89.4 Å². The van der Waals surface area contributed by atoms with Gasteiger partial charge in [-0.3, -0.25) is 4.79 Å². The third-order valence-corrected chi connectivity index (χ3v) is 7.24. The van der Waals surface area contributed by atoms with Crippen molar-refractivity contribution in [1.29, 1.82) is 0 Å². The van der Waals surface area contributed by atoms with Crippen LogP contribution in [0.2, 0.25) is 0 Å². The number of amides is 1. The van der Waals surface area contributed by atoms with Crippen LogP contribution in [-0.2, 0) is 4.79 Å². The van der Waals surface area contributed by atoms with Crippen molar-refractivity contribution < 1.29 is 9.21 Å². The van der Waals surface area contributed by atoms with Gasteiger partial charge in [-0.15, -0.1) is 16.4 Å². The van der Waals surface area contributed by atoms with Crippen molar-refractivity contribution in [3.63, 3.8) is 0 Å². The fourth-order valence-electron chi connectivity index (χ4n) is 3.66. The average molecular weight is 479 g/mol. The minimum atomic E-state index is -0.259. The summed E-state index contributed by atoms with van der Waals surface area (Å²) in [6.07, 6.45) is 2.24. The Labute approximate surface area is 199 Å². The molecule has 4 heterocycles. The molecule has 1 atom stereocenters. The summed E-state index contributed by atoms with van der Waals surface area (Å²) < 4.78 is 7.26. The molecule has 1 aromatic carbocycles. The van der Waals surface area contributed by atoms with E-state index in [-0.39, 0.29) is 17.7 Å². The van der Waals surface area contributed by atoms with Gasteiger partial charge in [-0.25, -0.2) is 5.01 Å². The number of furan rings is 1. The third-order valence-electron chi connectivity index (χ3n) is 5.41. The number of rotatable bonds is 7. The summed E-state index contributed by atoms with van der Waals surface area (Å²) in [4.78, 5) is 14.3. The first-order valence-electron chi connectivity index (χ1n) is 10.6. The number of hydrogen-bond donors (Lipinski definition) is 0. The lowest BCUT2D eigenvalue weighted by Crippen LogP contribution is -2.28. The van der Waals surface area contributed by atoms with Crippen molar-refractivity contribution in [2.24, 2.45) is 5.10 Å². The zero-order valence-electron chi connectivity index (χ0n) is 18.2. The highest BCUT2D eigenvalue weighted by Crippen LogP contribution is 2.34. The molecule has 0 spiro atoms. The fourth-order valence-corrected chi connectivity index (χ4v) is 5.12. The van der Waals surface area contributed by atoms with Gasteiger partial charge in [0.1, 0.15) is 11.8 Å². The van der Waals surface area contributed by atoms with E-state index >= 15 is 0 Å². The van der Waals surface area contributed by atoms with Crippen LogP contribution >= 0.6 is 23.1 Å². The van der Waals surface area contributed by atoms with Crippen molar-refractivity contribution in [2.75, 3.05) is 5.75 Å². The van der Waals surface area contributed by atoms with E-state index in [1.807, 2.05) is 41.8 Å². The largest absolute Gasteiger partial charge is 0.467 e. The monoisotopic (exact) mass is 478 g/mol. The first-order valence-corrected chi connectivity index (χ1v) is 12.4. The van der Waals surface area contributed by atoms with E-state index in [1.165, 1.54) is 22.3 Å². The van der Waals surface area contributed by atoms with E-state index in [0.717, 1.165) is 22.0 Å². The Balaban J connectivity index is 1.33. The summed E-state index contributed by atoms with van der Waals surface area (Å²) in [5, 5.41) is 20.8. The molecule has 0 radical (unpaired) electrons. The van der Waals surface area contributed by atoms with Gasteiger partial charge in [0.15, 0.2) is 0 Å². The molecule has 0 saturated carbocycles. The highest BCUT2D eigenvalue weighted by Gasteiger charge is 2.35. The molecule has 168 valence electrons. The molecule has 10 heteroatoms. The highest BCUT2D eigenvalue weighted by atomic mass is 32.2. The first-order chi connectivity index (χ1) is 16.1. The molecule has 1 amide bonds. The van der Waals surface area contributed by atoms with E-state index in [0.29, 0.717) is 17.5 Å². The van der Waals surface area contributed by atoms with Crippen molar-refractivity contribution in [1.82, 2.24) is 25.2 Å². The number of thioether (sulfide) groups is 1. The van der Waals surface area contributed by atoms with E-state index in [1.54, 1.807) is 22.3 Å². The van der Waals surface area contributed by atoms with Crippen molar-refractivity contribution >= 4 is 34.7 Å². The Morgan fingerprint density at radius 3 is 2.76 bits per heavy atom. The Kier molecular flexibility index (Phi) is 6.10. The summed E-state index contributed by atoms with van der Waals surface area (Å²) in [5.41, 5.74) is 2.99. The molecule has 1 unspecified atom stereocenters. The second kappa shape index (κ2) is 9.32. The molecule has 1 aliphatic rings. The molecular weight excluding hydrogens is 456 g/mol. The quantitative estimate of drug-likeness (QED) is 0.351. The van der Waals surface area contributed by atoms with Gasteiger partial charge in [-0.05, 0) is 57.6 Å². The molecule has 0 N–H and O–H groups in total. The molecule has 8 nitrogen and oxygen atoms in total. The van der Waals surface area contributed by atoms with Crippen LogP contribution in [0.15, 0.2) is 74.8 Å². The number of thiophene rings is 1. The van der Waals surface area contributed by atoms with Gasteiger partial charge in [0.2, 0.25) is 5.16 Å². The van der Waals surface area contributed by atoms with Crippen LogP contribution in [-0.4, -0.2) is 42.6 Å². The lowest BCUT2D eigenvalue weighted by molar-refractivity contribution is -0.130. The van der Waals surface area contributed by atoms with Gasteiger partial charge in [0.05, 0.1) is 28.3 Å². The number of tetrazole rings is 1. The number of nitrogens with zero attached hydrogens (tertiary/aromatic N) is 6. The number of carbonyl (C=O) groups is 1. The average Bonchev–Trinajstić information content (AvgIpc) is 3.63. The molecule has 1 aliphatic heterocycles.